The molecule has 3 heterocycles. The molecule has 2 atom stereocenters. The van der Waals surface area contributed by atoms with Crippen molar-refractivity contribution >= 4 is 0 Å². The maximum absolute atomic E-state index is 13.9. The van der Waals surface area contributed by atoms with Gasteiger partial charge in [0.15, 0.2) is 5.75 Å². The molecule has 1 saturated heterocycles. The average molecular weight is 475 g/mol. The molecule has 1 aliphatic carbocycles. The SMILES string of the molecule is CCN(C1=CCC2OC(F)(F)OC2=C1)[C@@H](C)Cn1nc(-c2cccc(F)c2)c2c(c1=O)CCO2. The Balaban J connectivity index is 1.44. The van der Waals surface area contributed by atoms with E-state index in [2.05, 4.69) is 14.6 Å². The normalized spacial score (nSPS) is 21.0. The highest BCUT2D eigenvalue weighted by molar-refractivity contribution is 5.68. The van der Waals surface area contributed by atoms with Gasteiger partial charge >= 0.3 is 6.29 Å². The summed E-state index contributed by atoms with van der Waals surface area (Å²) < 4.78 is 57.1. The number of fused-ring (bicyclic) bond motifs is 2. The molecule has 0 amide bonds. The fourth-order valence-electron chi connectivity index (χ4n) is 4.65. The maximum Gasteiger partial charge on any atom is 0.535 e. The molecule has 0 saturated carbocycles. The van der Waals surface area contributed by atoms with E-state index in [4.69, 9.17) is 4.74 Å². The number of alkyl halides is 2. The Morgan fingerprint density at radius 3 is 2.94 bits per heavy atom. The Hall–Kier alpha value is -3.27. The molecule has 7 nitrogen and oxygen atoms in total. The van der Waals surface area contributed by atoms with Gasteiger partial charge in [0, 0.05) is 42.8 Å². The van der Waals surface area contributed by atoms with Crippen molar-refractivity contribution in [2.24, 2.45) is 0 Å². The topological polar surface area (TPSA) is 65.8 Å². The van der Waals surface area contributed by atoms with Gasteiger partial charge in [-0.15, -0.1) is 8.78 Å². The van der Waals surface area contributed by atoms with Crippen LogP contribution in [0.3, 0.4) is 0 Å². The molecule has 1 aromatic heterocycles. The Bertz CT molecular complexity index is 1240. The standard InChI is InChI=1S/C24H24F3N3O4/c1-3-29(17-7-8-19-20(12-17)34-24(26,27)33-19)14(2)13-30-23(31)18-9-10-32-22(18)21(28-30)15-5-4-6-16(25)11-15/h4-7,11-12,14,19H,3,8-10,13H2,1-2H3/t14-,19?/m0/s1. The third-order valence-corrected chi connectivity index (χ3v) is 6.21. The fourth-order valence-corrected chi connectivity index (χ4v) is 4.65. The summed E-state index contributed by atoms with van der Waals surface area (Å²) in [5, 5.41) is 4.54. The predicted octanol–water partition coefficient (Wildman–Crippen LogP) is 3.83. The predicted molar refractivity (Wildman–Crippen MR) is 117 cm³/mol. The Kier molecular flexibility index (Phi) is 5.63. The minimum atomic E-state index is -3.63. The minimum Gasteiger partial charge on any atom is -0.490 e. The third-order valence-electron chi connectivity index (χ3n) is 6.21. The lowest BCUT2D eigenvalue weighted by atomic mass is 10.1. The molecule has 1 fully saturated rings. The van der Waals surface area contributed by atoms with E-state index in [1.807, 2.05) is 24.8 Å². The molecule has 5 rings (SSSR count). The lowest BCUT2D eigenvalue weighted by Gasteiger charge is -2.33. The van der Waals surface area contributed by atoms with Crippen LogP contribution >= 0.6 is 0 Å². The van der Waals surface area contributed by atoms with E-state index in [9.17, 15) is 18.0 Å². The first-order valence-electron chi connectivity index (χ1n) is 11.2. The Morgan fingerprint density at radius 2 is 2.18 bits per heavy atom. The first-order valence-corrected chi connectivity index (χ1v) is 11.2. The minimum absolute atomic E-state index is 0.0894. The number of aromatic nitrogens is 2. The Labute approximate surface area is 194 Å². The molecule has 3 aliphatic rings. The third kappa shape index (κ3) is 4.06. The van der Waals surface area contributed by atoms with Crippen LogP contribution in [0.25, 0.3) is 11.3 Å². The van der Waals surface area contributed by atoms with Gasteiger partial charge in [-0.05, 0) is 26.0 Å². The van der Waals surface area contributed by atoms with Crippen LogP contribution in [0.2, 0.25) is 0 Å². The molecule has 0 spiro atoms. The van der Waals surface area contributed by atoms with Gasteiger partial charge in [-0.3, -0.25) is 9.53 Å². The van der Waals surface area contributed by atoms with Crippen molar-refractivity contribution in [3.63, 3.8) is 0 Å². The van der Waals surface area contributed by atoms with Crippen LogP contribution in [0.15, 0.2) is 52.7 Å². The van der Waals surface area contributed by atoms with E-state index in [0.717, 1.165) is 0 Å². The second-order valence-corrected chi connectivity index (χ2v) is 8.47. The maximum atomic E-state index is 13.9. The number of ether oxygens (including phenoxy) is 3. The molecular formula is C24H24F3N3O4. The van der Waals surface area contributed by atoms with Crippen molar-refractivity contribution in [1.82, 2.24) is 14.7 Å². The van der Waals surface area contributed by atoms with E-state index >= 15 is 0 Å². The summed E-state index contributed by atoms with van der Waals surface area (Å²) in [5.74, 6) is 0.0806. The number of nitrogens with zero attached hydrogens (tertiary/aromatic N) is 3. The van der Waals surface area contributed by atoms with Crippen molar-refractivity contribution in [2.45, 2.75) is 51.7 Å². The van der Waals surface area contributed by atoms with Gasteiger partial charge in [0.25, 0.3) is 5.56 Å². The van der Waals surface area contributed by atoms with Crippen LogP contribution in [-0.4, -0.2) is 46.3 Å². The van der Waals surface area contributed by atoms with Gasteiger partial charge in [0.2, 0.25) is 0 Å². The van der Waals surface area contributed by atoms with Crippen molar-refractivity contribution in [2.75, 3.05) is 13.2 Å². The van der Waals surface area contributed by atoms with Crippen LogP contribution in [0.1, 0.15) is 25.8 Å². The summed E-state index contributed by atoms with van der Waals surface area (Å²) >= 11 is 0. The van der Waals surface area contributed by atoms with E-state index in [1.165, 1.54) is 16.8 Å². The van der Waals surface area contributed by atoms with E-state index in [1.54, 1.807) is 18.2 Å². The number of rotatable bonds is 6. The van der Waals surface area contributed by atoms with E-state index in [0.29, 0.717) is 47.8 Å². The van der Waals surface area contributed by atoms with Crippen molar-refractivity contribution in [1.29, 1.82) is 0 Å². The van der Waals surface area contributed by atoms with Crippen molar-refractivity contribution in [3.8, 4) is 17.0 Å². The quantitative estimate of drug-likeness (QED) is 0.633. The summed E-state index contributed by atoms with van der Waals surface area (Å²) in [6, 6.07) is 5.79. The second-order valence-electron chi connectivity index (χ2n) is 8.47. The first-order chi connectivity index (χ1) is 16.3. The number of hydrogen-bond donors (Lipinski definition) is 0. The van der Waals surface area contributed by atoms with Gasteiger partial charge in [0.1, 0.15) is 23.4 Å². The fraction of sp³-hybridized carbons (Fsp3) is 0.417. The summed E-state index contributed by atoms with van der Waals surface area (Å²) in [7, 11) is 0. The second kappa shape index (κ2) is 8.50. The lowest BCUT2D eigenvalue weighted by molar-refractivity contribution is -0.341. The number of allylic oxidation sites excluding steroid dienone is 1. The Morgan fingerprint density at radius 1 is 1.35 bits per heavy atom. The van der Waals surface area contributed by atoms with Crippen LogP contribution in [0.4, 0.5) is 13.2 Å². The number of likely N-dealkylation sites (N-methyl/N-ethyl adjacent to an activating group) is 1. The highest BCUT2D eigenvalue weighted by Gasteiger charge is 2.48. The highest BCUT2D eigenvalue weighted by atomic mass is 19.3. The first kappa shape index (κ1) is 22.5. The van der Waals surface area contributed by atoms with Crippen molar-refractivity contribution < 1.29 is 27.4 Å². The zero-order valence-corrected chi connectivity index (χ0v) is 18.8. The highest BCUT2D eigenvalue weighted by Crippen LogP contribution is 2.39. The van der Waals surface area contributed by atoms with E-state index in [-0.39, 0.29) is 30.3 Å². The summed E-state index contributed by atoms with van der Waals surface area (Å²) in [6.45, 7) is 5.03. The molecule has 2 aromatic rings. The molecule has 0 radical (unpaired) electrons. The average Bonchev–Trinajstić information content (AvgIpc) is 3.39. The molecule has 0 N–H and O–H groups in total. The number of hydrogen-bond acceptors (Lipinski definition) is 6. The molecular weight excluding hydrogens is 451 g/mol. The van der Waals surface area contributed by atoms with Crippen LogP contribution in [0, 0.1) is 5.82 Å². The zero-order chi connectivity index (χ0) is 24.0. The van der Waals surface area contributed by atoms with Gasteiger partial charge in [-0.2, -0.15) is 5.10 Å². The monoisotopic (exact) mass is 475 g/mol. The largest absolute Gasteiger partial charge is 0.535 e. The molecule has 1 unspecified atom stereocenters. The molecule has 2 aliphatic heterocycles. The van der Waals surface area contributed by atoms with Crippen molar-refractivity contribution in [3.05, 3.63) is 69.6 Å². The molecule has 34 heavy (non-hydrogen) atoms. The van der Waals surface area contributed by atoms with Gasteiger partial charge < -0.3 is 14.4 Å². The molecule has 10 heteroatoms. The molecule has 1 aromatic carbocycles. The summed E-state index contributed by atoms with van der Waals surface area (Å²) in [4.78, 5) is 15.1. The number of halogens is 3. The lowest BCUT2D eigenvalue weighted by Crippen LogP contribution is -2.39. The summed E-state index contributed by atoms with van der Waals surface area (Å²) in [5.41, 5.74) is 1.92. The zero-order valence-electron chi connectivity index (χ0n) is 18.8. The van der Waals surface area contributed by atoms with E-state index < -0.39 is 18.2 Å². The molecule has 0 bridgehead atoms. The van der Waals surface area contributed by atoms with Gasteiger partial charge in [0.05, 0.1) is 18.7 Å². The van der Waals surface area contributed by atoms with Gasteiger partial charge in [-0.1, -0.05) is 18.2 Å². The smallest absolute Gasteiger partial charge is 0.490 e. The number of benzene rings is 1. The summed E-state index contributed by atoms with van der Waals surface area (Å²) in [6.07, 6.45) is -0.334. The van der Waals surface area contributed by atoms with Crippen LogP contribution in [-0.2, 0) is 22.4 Å². The van der Waals surface area contributed by atoms with Gasteiger partial charge in [-0.25, -0.2) is 9.07 Å². The van der Waals surface area contributed by atoms with Crippen LogP contribution < -0.4 is 10.3 Å². The molecule has 180 valence electrons. The van der Waals surface area contributed by atoms with Crippen LogP contribution in [0.5, 0.6) is 5.75 Å².